The Bertz CT molecular complexity index is 465. The van der Waals surface area contributed by atoms with Crippen molar-refractivity contribution < 1.29 is 5.11 Å². The van der Waals surface area contributed by atoms with Gasteiger partial charge in [0.05, 0.1) is 5.60 Å². The monoisotopic (exact) mass is 316 g/mol. The molecule has 0 radical (unpaired) electrons. The van der Waals surface area contributed by atoms with Crippen LogP contribution in [0.4, 0.5) is 0 Å². The lowest BCUT2D eigenvalue weighted by molar-refractivity contribution is -0.0587. The van der Waals surface area contributed by atoms with Crippen LogP contribution in [0, 0.1) is 23.2 Å². The number of rotatable bonds is 5. The van der Waals surface area contributed by atoms with E-state index in [1.54, 1.807) is 5.57 Å². The molecule has 0 aliphatic heterocycles. The molecule has 1 heteroatoms. The Balaban J connectivity index is 1.69. The van der Waals surface area contributed by atoms with Gasteiger partial charge in [-0.15, -0.1) is 6.58 Å². The molecule has 3 aliphatic carbocycles. The van der Waals surface area contributed by atoms with Crippen LogP contribution in [-0.4, -0.2) is 10.7 Å². The molecule has 3 rings (SSSR count). The molecule has 1 N–H and O–H groups in total. The van der Waals surface area contributed by atoms with Gasteiger partial charge in [-0.05, 0) is 93.8 Å². The first-order valence-corrected chi connectivity index (χ1v) is 10.0. The molecule has 2 fully saturated rings. The molecule has 130 valence electrons. The van der Waals surface area contributed by atoms with Gasteiger partial charge in [0.15, 0.2) is 0 Å². The van der Waals surface area contributed by atoms with E-state index >= 15 is 0 Å². The van der Waals surface area contributed by atoms with Crippen LogP contribution in [0.15, 0.2) is 24.3 Å². The van der Waals surface area contributed by atoms with Crippen molar-refractivity contribution in [2.45, 2.75) is 90.1 Å². The first kappa shape index (κ1) is 17.3. The minimum absolute atomic E-state index is 0.0941. The quantitative estimate of drug-likeness (QED) is 0.613. The molecule has 0 bridgehead atoms. The zero-order chi connectivity index (χ0) is 16.5. The summed E-state index contributed by atoms with van der Waals surface area (Å²) in [6.07, 6.45) is 17.9. The van der Waals surface area contributed by atoms with Gasteiger partial charge in [-0.1, -0.05) is 31.6 Å². The molecule has 5 atom stereocenters. The van der Waals surface area contributed by atoms with Crippen molar-refractivity contribution in [2.75, 3.05) is 0 Å². The average molecular weight is 317 g/mol. The van der Waals surface area contributed by atoms with Crippen LogP contribution in [-0.2, 0) is 0 Å². The van der Waals surface area contributed by atoms with Gasteiger partial charge in [0.2, 0.25) is 0 Å². The molecule has 0 spiro atoms. The van der Waals surface area contributed by atoms with Crippen molar-refractivity contribution in [3.8, 4) is 0 Å². The predicted molar refractivity (Wildman–Crippen MR) is 98.3 cm³/mol. The lowest BCUT2D eigenvalue weighted by Gasteiger charge is -2.44. The summed E-state index contributed by atoms with van der Waals surface area (Å²) in [5.41, 5.74) is 1.37. The van der Waals surface area contributed by atoms with Gasteiger partial charge in [0, 0.05) is 0 Å². The van der Waals surface area contributed by atoms with Gasteiger partial charge in [-0.2, -0.15) is 0 Å². The molecule has 0 aromatic rings. The third-order valence-electron chi connectivity index (χ3n) is 7.69. The highest BCUT2D eigenvalue weighted by Crippen LogP contribution is 2.54. The number of aliphatic hydroxyl groups is 1. The van der Waals surface area contributed by atoms with Crippen LogP contribution in [0.1, 0.15) is 84.5 Å². The highest BCUT2D eigenvalue weighted by atomic mass is 16.3. The zero-order valence-electron chi connectivity index (χ0n) is 15.3. The topological polar surface area (TPSA) is 20.2 Å². The lowest BCUT2D eigenvalue weighted by Crippen LogP contribution is -2.42. The van der Waals surface area contributed by atoms with E-state index in [0.29, 0.717) is 0 Å². The minimum Gasteiger partial charge on any atom is -0.389 e. The van der Waals surface area contributed by atoms with E-state index in [-0.39, 0.29) is 5.41 Å². The van der Waals surface area contributed by atoms with E-state index < -0.39 is 5.60 Å². The molecule has 0 aromatic heterocycles. The van der Waals surface area contributed by atoms with E-state index in [9.17, 15) is 5.11 Å². The smallest absolute Gasteiger partial charge is 0.0735 e. The molecule has 3 aliphatic rings. The Morgan fingerprint density at radius 2 is 2.13 bits per heavy atom. The SMILES string of the molecule is C=CC[C@]1(O)CCC[C@]1(C)CC[C@H]1[C@H](C)CCC2=CCCC[C@@H]21. The van der Waals surface area contributed by atoms with Crippen molar-refractivity contribution in [2.24, 2.45) is 23.2 Å². The lowest BCUT2D eigenvalue weighted by atomic mass is 9.62. The second-order valence-corrected chi connectivity index (χ2v) is 8.97. The van der Waals surface area contributed by atoms with Crippen LogP contribution in [0.25, 0.3) is 0 Å². The fourth-order valence-corrected chi connectivity index (χ4v) is 5.96. The van der Waals surface area contributed by atoms with Gasteiger partial charge in [0.1, 0.15) is 0 Å². The Morgan fingerprint density at radius 1 is 1.30 bits per heavy atom. The maximum atomic E-state index is 11.2. The summed E-state index contributed by atoms with van der Waals surface area (Å²) < 4.78 is 0. The molecule has 0 heterocycles. The van der Waals surface area contributed by atoms with E-state index in [1.807, 2.05) is 6.08 Å². The number of hydrogen-bond acceptors (Lipinski definition) is 1. The summed E-state index contributed by atoms with van der Waals surface area (Å²) in [5.74, 6) is 2.55. The van der Waals surface area contributed by atoms with E-state index in [2.05, 4.69) is 26.5 Å². The number of allylic oxidation sites excluding steroid dienone is 2. The first-order valence-electron chi connectivity index (χ1n) is 10.0. The van der Waals surface area contributed by atoms with Crippen molar-refractivity contribution >= 4 is 0 Å². The van der Waals surface area contributed by atoms with E-state index in [1.165, 1.54) is 57.8 Å². The molecular weight excluding hydrogens is 280 g/mol. The molecule has 0 amide bonds. The highest BCUT2D eigenvalue weighted by Gasteiger charge is 2.50. The Hall–Kier alpha value is -0.560. The van der Waals surface area contributed by atoms with Crippen LogP contribution in [0.5, 0.6) is 0 Å². The molecule has 2 saturated carbocycles. The van der Waals surface area contributed by atoms with Crippen LogP contribution in [0.3, 0.4) is 0 Å². The van der Waals surface area contributed by atoms with Gasteiger partial charge >= 0.3 is 0 Å². The first-order chi connectivity index (χ1) is 11.0. The standard InChI is InChI=1S/C22H36O/c1-4-13-22(23)15-7-14-21(22,3)16-12-19-17(2)10-11-18-8-5-6-9-20(18)19/h4,8,17,19-20,23H,1,5-7,9-16H2,2-3H3/t17-,19+,20+,21-,22+/m1/s1. The molecule has 23 heavy (non-hydrogen) atoms. The molecular formula is C22H36O. The predicted octanol–water partition coefficient (Wildman–Crippen LogP) is 6.04. The Morgan fingerprint density at radius 3 is 2.91 bits per heavy atom. The van der Waals surface area contributed by atoms with Crippen molar-refractivity contribution in [3.05, 3.63) is 24.3 Å². The van der Waals surface area contributed by atoms with Crippen LogP contribution < -0.4 is 0 Å². The van der Waals surface area contributed by atoms with E-state index in [0.717, 1.165) is 30.6 Å². The maximum Gasteiger partial charge on any atom is 0.0735 e. The maximum absolute atomic E-state index is 11.2. The zero-order valence-corrected chi connectivity index (χ0v) is 15.3. The number of fused-ring (bicyclic) bond motifs is 1. The highest BCUT2D eigenvalue weighted by molar-refractivity contribution is 5.15. The molecule has 0 aromatic carbocycles. The normalized spacial score (nSPS) is 43.8. The summed E-state index contributed by atoms with van der Waals surface area (Å²) in [4.78, 5) is 0. The summed E-state index contributed by atoms with van der Waals surface area (Å²) >= 11 is 0. The van der Waals surface area contributed by atoms with Gasteiger partial charge < -0.3 is 5.11 Å². The second kappa shape index (κ2) is 6.75. The van der Waals surface area contributed by atoms with Crippen LogP contribution in [0.2, 0.25) is 0 Å². The molecule has 1 nitrogen and oxygen atoms in total. The largest absolute Gasteiger partial charge is 0.389 e. The fourth-order valence-electron chi connectivity index (χ4n) is 5.96. The van der Waals surface area contributed by atoms with Crippen molar-refractivity contribution in [1.29, 1.82) is 0 Å². The molecule has 0 saturated heterocycles. The fraction of sp³-hybridized carbons (Fsp3) is 0.818. The van der Waals surface area contributed by atoms with Gasteiger partial charge in [0.25, 0.3) is 0 Å². The average Bonchev–Trinajstić information content (AvgIpc) is 2.82. The van der Waals surface area contributed by atoms with Gasteiger partial charge in [-0.25, -0.2) is 0 Å². The van der Waals surface area contributed by atoms with Gasteiger partial charge in [-0.3, -0.25) is 0 Å². The Labute approximate surface area is 143 Å². The summed E-state index contributed by atoms with van der Waals surface area (Å²) in [7, 11) is 0. The summed E-state index contributed by atoms with van der Waals surface area (Å²) in [6.45, 7) is 8.70. The summed E-state index contributed by atoms with van der Waals surface area (Å²) in [6, 6.07) is 0. The van der Waals surface area contributed by atoms with E-state index in [4.69, 9.17) is 0 Å². The van der Waals surface area contributed by atoms with Crippen molar-refractivity contribution in [1.82, 2.24) is 0 Å². The molecule has 0 unspecified atom stereocenters. The number of hydrogen-bond donors (Lipinski definition) is 1. The third-order valence-corrected chi connectivity index (χ3v) is 7.69. The second-order valence-electron chi connectivity index (χ2n) is 8.97. The summed E-state index contributed by atoms with van der Waals surface area (Å²) in [5, 5.41) is 11.2. The van der Waals surface area contributed by atoms with Crippen LogP contribution >= 0.6 is 0 Å². The minimum atomic E-state index is -0.502. The van der Waals surface area contributed by atoms with Crippen molar-refractivity contribution in [3.63, 3.8) is 0 Å². The third kappa shape index (κ3) is 3.18. The Kier molecular flexibility index (Phi) is 5.06.